The molecule has 6 nitrogen and oxygen atoms in total. The minimum absolute atomic E-state index is 0.0112. The molecule has 1 N–H and O–H groups in total. The van der Waals surface area contributed by atoms with Crippen LogP contribution < -0.4 is 14.8 Å². The van der Waals surface area contributed by atoms with Gasteiger partial charge in [0.05, 0.1) is 17.8 Å². The summed E-state index contributed by atoms with van der Waals surface area (Å²) in [7, 11) is 1.50. The van der Waals surface area contributed by atoms with E-state index in [1.807, 2.05) is 24.3 Å². The van der Waals surface area contributed by atoms with Crippen molar-refractivity contribution in [1.82, 2.24) is 0 Å². The molecule has 0 bridgehead atoms. The predicted octanol–water partition coefficient (Wildman–Crippen LogP) is 6.47. The van der Waals surface area contributed by atoms with E-state index in [9.17, 15) is 9.59 Å². The second-order valence-electron chi connectivity index (χ2n) is 8.04. The lowest BCUT2D eigenvalue weighted by atomic mass is 10.0. The summed E-state index contributed by atoms with van der Waals surface area (Å²) in [6, 6.07) is 19.4. The molecule has 0 radical (unpaired) electrons. The Morgan fingerprint density at radius 2 is 1.76 bits per heavy atom. The number of rotatable bonds is 8. The maximum absolute atomic E-state index is 13.3. The number of hydrogen-bond donors (Lipinski definition) is 1. The van der Waals surface area contributed by atoms with Crippen molar-refractivity contribution in [3.63, 3.8) is 0 Å². The number of nitrogens with one attached hydrogen (secondary N) is 1. The first-order valence-electron chi connectivity index (χ1n) is 10.8. The van der Waals surface area contributed by atoms with Gasteiger partial charge in [0.2, 0.25) is 5.78 Å². The number of amides is 1. The average Bonchev–Trinajstić information content (AvgIpc) is 3.20. The van der Waals surface area contributed by atoms with Crippen molar-refractivity contribution in [2.75, 3.05) is 19.0 Å². The molecule has 34 heavy (non-hydrogen) atoms. The highest BCUT2D eigenvalue weighted by atomic mass is 35.5. The Labute approximate surface area is 202 Å². The molecule has 1 aromatic heterocycles. The van der Waals surface area contributed by atoms with Gasteiger partial charge >= 0.3 is 0 Å². The number of carbonyl (C=O) groups is 2. The lowest BCUT2D eigenvalue weighted by Gasteiger charge is -2.10. The number of ketones is 1. The van der Waals surface area contributed by atoms with Crippen LogP contribution in [0, 0.1) is 0 Å². The molecule has 4 aromatic rings. The van der Waals surface area contributed by atoms with E-state index in [4.69, 9.17) is 25.5 Å². The van der Waals surface area contributed by atoms with Gasteiger partial charge in [0.1, 0.15) is 17.1 Å². The van der Waals surface area contributed by atoms with Crippen molar-refractivity contribution in [1.29, 1.82) is 0 Å². The lowest BCUT2D eigenvalue weighted by molar-refractivity contribution is -0.118. The van der Waals surface area contributed by atoms with E-state index in [0.29, 0.717) is 39.0 Å². The molecule has 174 valence electrons. The number of carbonyl (C=O) groups excluding carboxylic acids is 2. The largest absolute Gasteiger partial charge is 0.495 e. The molecule has 0 spiro atoms. The lowest BCUT2D eigenvalue weighted by Crippen LogP contribution is -2.21. The summed E-state index contributed by atoms with van der Waals surface area (Å²) < 4.78 is 16.6. The first-order valence-corrected chi connectivity index (χ1v) is 11.2. The molecular weight excluding hydrogens is 454 g/mol. The van der Waals surface area contributed by atoms with Crippen molar-refractivity contribution in [3.8, 4) is 11.5 Å². The van der Waals surface area contributed by atoms with Gasteiger partial charge < -0.3 is 19.2 Å². The minimum Gasteiger partial charge on any atom is -0.495 e. The summed E-state index contributed by atoms with van der Waals surface area (Å²) in [6.45, 7) is 4.00. The third-order valence-electron chi connectivity index (χ3n) is 5.40. The number of anilines is 1. The van der Waals surface area contributed by atoms with Crippen LogP contribution >= 0.6 is 11.6 Å². The van der Waals surface area contributed by atoms with Crippen LogP contribution in [0.5, 0.6) is 11.5 Å². The van der Waals surface area contributed by atoms with Crippen molar-refractivity contribution >= 4 is 39.9 Å². The fourth-order valence-electron chi connectivity index (χ4n) is 3.54. The molecule has 0 fully saturated rings. The molecule has 0 saturated carbocycles. The Morgan fingerprint density at radius 3 is 2.44 bits per heavy atom. The fraction of sp³-hybridized carbons (Fsp3) is 0.185. The second kappa shape index (κ2) is 10.0. The molecule has 0 atom stereocenters. The monoisotopic (exact) mass is 477 g/mol. The second-order valence-corrected chi connectivity index (χ2v) is 8.45. The Bertz CT molecular complexity index is 1340. The third-order valence-corrected chi connectivity index (χ3v) is 5.69. The van der Waals surface area contributed by atoms with Gasteiger partial charge in [-0.3, -0.25) is 9.59 Å². The van der Waals surface area contributed by atoms with Crippen molar-refractivity contribution in [2.24, 2.45) is 0 Å². The number of hydrogen-bond acceptors (Lipinski definition) is 5. The summed E-state index contributed by atoms with van der Waals surface area (Å²) in [5.41, 5.74) is 2.26. The molecule has 4 rings (SSSR count). The fourth-order valence-corrected chi connectivity index (χ4v) is 3.80. The van der Waals surface area contributed by atoms with E-state index in [0.717, 1.165) is 0 Å². The molecule has 0 saturated heterocycles. The highest BCUT2D eigenvalue weighted by molar-refractivity contribution is 6.32. The summed E-state index contributed by atoms with van der Waals surface area (Å²) in [4.78, 5) is 26.0. The van der Waals surface area contributed by atoms with Gasteiger partial charge in [-0.05, 0) is 53.9 Å². The molecule has 0 aliphatic carbocycles. The zero-order valence-electron chi connectivity index (χ0n) is 19.1. The molecule has 1 amide bonds. The summed E-state index contributed by atoms with van der Waals surface area (Å²) in [5.74, 6) is 0.624. The Morgan fingerprint density at radius 1 is 1.03 bits per heavy atom. The normalized spacial score (nSPS) is 11.0. The third kappa shape index (κ3) is 4.92. The molecular formula is C27H24ClNO5. The Hall–Kier alpha value is -3.77. The zero-order chi connectivity index (χ0) is 24.2. The topological polar surface area (TPSA) is 77.8 Å². The van der Waals surface area contributed by atoms with Crippen LogP contribution in [-0.4, -0.2) is 25.4 Å². The van der Waals surface area contributed by atoms with Gasteiger partial charge in [-0.15, -0.1) is 0 Å². The smallest absolute Gasteiger partial charge is 0.262 e. The molecule has 1 heterocycles. The highest BCUT2D eigenvalue weighted by Gasteiger charge is 2.24. The van der Waals surface area contributed by atoms with E-state index in [2.05, 4.69) is 19.2 Å². The van der Waals surface area contributed by atoms with Gasteiger partial charge in [-0.25, -0.2) is 0 Å². The van der Waals surface area contributed by atoms with Crippen LogP contribution in [0.15, 0.2) is 71.1 Å². The van der Waals surface area contributed by atoms with Gasteiger partial charge in [0.15, 0.2) is 12.4 Å². The number of para-hydroxylation sites is 1. The standard InChI is InChI=1S/C27H24ClNO5/c1-16(2)17-8-11-19(12-9-17)33-15-24(30)29-25-20-6-4-5-7-22(20)34-27(25)26(31)18-10-13-23(32-3)21(28)14-18/h4-14,16H,15H2,1-3H3,(H,29,30). The number of fused-ring (bicyclic) bond motifs is 1. The zero-order valence-corrected chi connectivity index (χ0v) is 19.8. The Kier molecular flexibility index (Phi) is 6.89. The van der Waals surface area contributed by atoms with Crippen LogP contribution in [0.1, 0.15) is 41.4 Å². The predicted molar refractivity (Wildman–Crippen MR) is 132 cm³/mol. The quantitative estimate of drug-likeness (QED) is 0.294. The van der Waals surface area contributed by atoms with Gasteiger partial charge in [-0.2, -0.15) is 0 Å². The average molecular weight is 478 g/mol. The maximum Gasteiger partial charge on any atom is 0.262 e. The molecule has 7 heteroatoms. The van der Waals surface area contributed by atoms with Crippen LogP contribution in [0.4, 0.5) is 5.69 Å². The number of furan rings is 1. The van der Waals surface area contributed by atoms with Gasteiger partial charge in [0.25, 0.3) is 5.91 Å². The van der Waals surface area contributed by atoms with Gasteiger partial charge in [0, 0.05) is 10.9 Å². The first kappa shape index (κ1) is 23.4. The van der Waals surface area contributed by atoms with Crippen LogP contribution in [-0.2, 0) is 4.79 Å². The molecule has 3 aromatic carbocycles. The van der Waals surface area contributed by atoms with Crippen LogP contribution in [0.25, 0.3) is 11.0 Å². The van der Waals surface area contributed by atoms with Crippen LogP contribution in [0.2, 0.25) is 5.02 Å². The van der Waals surface area contributed by atoms with Gasteiger partial charge in [-0.1, -0.05) is 49.7 Å². The van der Waals surface area contributed by atoms with E-state index in [1.165, 1.54) is 18.7 Å². The molecule has 0 aliphatic rings. The Balaban J connectivity index is 1.57. The molecule has 0 aliphatic heterocycles. The summed E-state index contributed by atoms with van der Waals surface area (Å²) >= 11 is 6.20. The van der Waals surface area contributed by atoms with E-state index < -0.39 is 11.7 Å². The van der Waals surface area contributed by atoms with Crippen LogP contribution in [0.3, 0.4) is 0 Å². The van der Waals surface area contributed by atoms with Crippen molar-refractivity contribution in [3.05, 3.63) is 88.6 Å². The first-order chi connectivity index (χ1) is 16.4. The van der Waals surface area contributed by atoms with E-state index in [-0.39, 0.29) is 18.1 Å². The molecule has 0 unspecified atom stereocenters. The summed E-state index contributed by atoms with van der Waals surface area (Å²) in [5, 5.41) is 3.69. The summed E-state index contributed by atoms with van der Waals surface area (Å²) in [6.07, 6.45) is 0. The minimum atomic E-state index is -0.416. The van der Waals surface area contributed by atoms with E-state index >= 15 is 0 Å². The van der Waals surface area contributed by atoms with Crippen molar-refractivity contribution < 1.29 is 23.5 Å². The maximum atomic E-state index is 13.3. The van der Waals surface area contributed by atoms with E-state index in [1.54, 1.807) is 36.4 Å². The number of halogens is 1. The highest BCUT2D eigenvalue weighted by Crippen LogP contribution is 2.34. The number of methoxy groups -OCH3 is 1. The number of ether oxygens (including phenoxy) is 2. The number of benzene rings is 3. The SMILES string of the molecule is COc1ccc(C(=O)c2oc3ccccc3c2NC(=O)COc2ccc(C(C)C)cc2)cc1Cl. The van der Waals surface area contributed by atoms with Crippen molar-refractivity contribution in [2.45, 2.75) is 19.8 Å².